The predicted octanol–water partition coefficient (Wildman–Crippen LogP) is 1.16. The van der Waals surface area contributed by atoms with Crippen LogP contribution in [0.2, 0.25) is 0 Å². The van der Waals surface area contributed by atoms with Gasteiger partial charge in [0.15, 0.2) is 0 Å². The molecule has 3 aromatic heterocycles. The molecule has 0 unspecified atom stereocenters. The Kier molecular flexibility index (Phi) is 11.4. The maximum Gasteiger partial charge on any atom is 0.330 e. The molecule has 0 amide bonds. The van der Waals surface area contributed by atoms with Gasteiger partial charge in [-0.2, -0.15) is 9.97 Å². The van der Waals surface area contributed by atoms with Gasteiger partial charge in [0.25, 0.3) is 0 Å². The monoisotopic (exact) mass is 818 g/mol. The number of fused-ring (bicyclic) bond motifs is 2. The van der Waals surface area contributed by atoms with Crippen molar-refractivity contribution >= 4 is 27.8 Å². The van der Waals surface area contributed by atoms with Crippen LogP contribution in [0, 0.1) is 0 Å². The number of anilines is 1. The zero-order valence-electron chi connectivity index (χ0n) is 31.2. The van der Waals surface area contributed by atoms with E-state index in [4.69, 9.17) is 28.4 Å². The fourth-order valence-corrected chi connectivity index (χ4v) is 6.70. The number of aromatic hydroxyl groups is 1. The fraction of sp³-hybridized carbons (Fsp3) is 0.359. The van der Waals surface area contributed by atoms with Gasteiger partial charge in [-0.1, -0.05) is 12.1 Å². The van der Waals surface area contributed by atoms with E-state index in [9.17, 15) is 40.9 Å². The van der Waals surface area contributed by atoms with E-state index in [-0.39, 0.29) is 46.7 Å². The number of hydrogen-bond acceptors (Lipinski definition) is 18. The minimum absolute atomic E-state index is 0.114. The van der Waals surface area contributed by atoms with Gasteiger partial charge in [0.1, 0.15) is 71.5 Å². The average molecular weight is 819 g/mol. The second kappa shape index (κ2) is 16.8. The number of nitrogens with one attached hydrogen (secondary N) is 3. The summed E-state index contributed by atoms with van der Waals surface area (Å²) in [4.78, 5) is 19.4. The molecule has 3 aromatic carbocycles. The molecule has 0 bridgehead atoms. The normalized spacial score (nSPS) is 27.1. The number of aliphatic hydroxyl groups excluding tert-OH is 7. The molecule has 59 heavy (non-hydrogen) atoms. The molecule has 20 heteroatoms. The molecule has 0 spiro atoms. The number of aromatic amines is 2. The summed E-state index contributed by atoms with van der Waals surface area (Å²) in [5, 5.41) is 85.2. The number of ether oxygens (including phenoxy) is 6. The van der Waals surface area contributed by atoms with Crippen LogP contribution in [0.4, 0.5) is 5.95 Å². The van der Waals surface area contributed by atoms with E-state index in [2.05, 4.69) is 30.2 Å². The fourth-order valence-electron chi connectivity index (χ4n) is 6.70. The van der Waals surface area contributed by atoms with Crippen LogP contribution in [0.1, 0.15) is 12.5 Å². The molecule has 0 saturated carbocycles. The smallest absolute Gasteiger partial charge is 0.330 e. The number of phenols is 1. The molecule has 0 radical (unpaired) electrons. The Balaban J connectivity index is 1.04. The molecule has 0 aliphatic carbocycles. The lowest BCUT2D eigenvalue weighted by Crippen LogP contribution is -2.60. The third kappa shape index (κ3) is 8.52. The summed E-state index contributed by atoms with van der Waals surface area (Å²) in [6.07, 6.45) is -10.1. The van der Waals surface area contributed by atoms with Crippen molar-refractivity contribution < 1.29 is 69.3 Å². The lowest BCUT2D eigenvalue weighted by atomic mass is 9.99. The Morgan fingerprint density at radius 3 is 1.76 bits per heavy atom. The number of aromatic nitrogens is 5. The number of nitrogens with zero attached hydrogens (tertiary/aromatic N) is 3. The quantitative estimate of drug-likeness (QED) is 0.0779. The summed E-state index contributed by atoms with van der Waals surface area (Å²) < 4.78 is 35.2. The maximum absolute atomic E-state index is 10.5. The SMILES string of the molecule is C[C@H]1O[C@@H](Oc2c[nH]c3ccc(Oc4nc(NCCc5ccc(O)cc5)nc(Oc5ccc6[nH]cc(O[C@@H]7O[C@H](CO)[C@@H](O)[C@H](O)[C@H]7O)c6c5)n4)cc23)[C@H](O)[C@@H](O)[C@@H]1O. The zero-order chi connectivity index (χ0) is 41.4. The number of phenolic OH excluding ortho intramolecular Hbond substituents is 1. The van der Waals surface area contributed by atoms with E-state index in [1.807, 2.05) is 0 Å². The topological polar surface area (TPSA) is 300 Å². The number of benzene rings is 3. The molecule has 5 heterocycles. The van der Waals surface area contributed by atoms with E-state index in [1.54, 1.807) is 73.8 Å². The van der Waals surface area contributed by atoms with Crippen molar-refractivity contribution in [3.63, 3.8) is 0 Å². The zero-order valence-corrected chi connectivity index (χ0v) is 31.2. The van der Waals surface area contributed by atoms with Crippen molar-refractivity contribution in [2.24, 2.45) is 0 Å². The third-order valence-electron chi connectivity index (χ3n) is 10.0. The summed E-state index contributed by atoms with van der Waals surface area (Å²) >= 11 is 0. The first-order chi connectivity index (χ1) is 28.4. The molecule has 312 valence electrons. The summed E-state index contributed by atoms with van der Waals surface area (Å²) in [6, 6.07) is 16.5. The van der Waals surface area contributed by atoms with E-state index < -0.39 is 68.0 Å². The minimum atomic E-state index is -1.63. The highest BCUT2D eigenvalue weighted by atomic mass is 16.7. The van der Waals surface area contributed by atoms with Gasteiger partial charge in [0, 0.05) is 40.7 Å². The molecular weight excluding hydrogens is 776 g/mol. The molecule has 6 aromatic rings. The second-order valence-electron chi connectivity index (χ2n) is 14.1. The van der Waals surface area contributed by atoms with Crippen molar-refractivity contribution in [2.45, 2.75) is 74.8 Å². The van der Waals surface area contributed by atoms with Crippen LogP contribution in [-0.4, -0.2) is 140 Å². The van der Waals surface area contributed by atoms with Crippen LogP contribution in [-0.2, 0) is 15.9 Å². The summed E-state index contributed by atoms with van der Waals surface area (Å²) in [5.74, 6) is 1.30. The Morgan fingerprint density at radius 2 is 1.20 bits per heavy atom. The third-order valence-corrected chi connectivity index (χ3v) is 10.0. The summed E-state index contributed by atoms with van der Waals surface area (Å²) in [5.41, 5.74) is 2.21. The van der Waals surface area contributed by atoms with E-state index in [0.29, 0.717) is 34.8 Å². The number of rotatable bonds is 13. The predicted molar refractivity (Wildman–Crippen MR) is 204 cm³/mol. The van der Waals surface area contributed by atoms with E-state index in [1.165, 1.54) is 6.20 Å². The molecule has 11 N–H and O–H groups in total. The lowest BCUT2D eigenvalue weighted by molar-refractivity contribution is -0.277. The molecule has 2 aliphatic rings. The van der Waals surface area contributed by atoms with Crippen LogP contribution in [0.5, 0.6) is 40.8 Å². The molecule has 10 atom stereocenters. The van der Waals surface area contributed by atoms with Gasteiger partial charge < -0.3 is 84.6 Å². The highest BCUT2D eigenvalue weighted by molar-refractivity contribution is 5.88. The van der Waals surface area contributed by atoms with Crippen LogP contribution in [0.25, 0.3) is 21.8 Å². The largest absolute Gasteiger partial charge is 0.508 e. The Hall–Kier alpha value is -5.81. The molecule has 2 saturated heterocycles. The first-order valence-electron chi connectivity index (χ1n) is 18.6. The summed E-state index contributed by atoms with van der Waals surface area (Å²) in [7, 11) is 0. The highest BCUT2D eigenvalue weighted by Crippen LogP contribution is 2.36. The van der Waals surface area contributed by atoms with Crippen LogP contribution >= 0.6 is 0 Å². The summed E-state index contributed by atoms with van der Waals surface area (Å²) in [6.45, 7) is 1.33. The first-order valence-corrected chi connectivity index (χ1v) is 18.6. The Bertz CT molecular complexity index is 2380. The Labute approximate surface area is 334 Å². The van der Waals surface area contributed by atoms with Crippen molar-refractivity contribution in [1.29, 1.82) is 0 Å². The second-order valence-corrected chi connectivity index (χ2v) is 14.1. The number of H-pyrrole nitrogens is 2. The van der Waals surface area contributed by atoms with Crippen molar-refractivity contribution in [3.05, 3.63) is 78.6 Å². The van der Waals surface area contributed by atoms with E-state index in [0.717, 1.165) is 5.56 Å². The van der Waals surface area contributed by atoms with Gasteiger partial charge in [-0.15, -0.1) is 4.98 Å². The van der Waals surface area contributed by atoms with Gasteiger partial charge in [0.05, 0.1) is 12.7 Å². The van der Waals surface area contributed by atoms with Gasteiger partial charge in [-0.3, -0.25) is 0 Å². The van der Waals surface area contributed by atoms with Crippen molar-refractivity contribution in [3.8, 4) is 40.8 Å². The van der Waals surface area contributed by atoms with Crippen LogP contribution < -0.4 is 24.3 Å². The molecule has 20 nitrogen and oxygen atoms in total. The molecular formula is C39H42N6O14. The van der Waals surface area contributed by atoms with Gasteiger partial charge in [-0.05, 0) is 67.4 Å². The number of aliphatic hydroxyl groups is 7. The van der Waals surface area contributed by atoms with Crippen LogP contribution in [0.3, 0.4) is 0 Å². The van der Waals surface area contributed by atoms with Gasteiger partial charge in [0.2, 0.25) is 18.5 Å². The standard InChI is InChI=1S/C39H42N6O14/c1-17-29(48)31(50)33(52)35(54-17)57-26-14-41-24-8-6-20(12-22(24)26)55-38-43-37(40-11-10-18-2-4-19(47)5-3-18)44-39(45-38)56-21-7-9-25-23(13-21)27(15-42-25)58-36-34(53)32(51)30(49)28(16-46)59-36/h2-9,12-15,17,28-36,41-42,46-53H,10-11,16H2,1H3,(H,40,43,44,45)/t17-,28-,29-,30-,31+,32+,33-,34-,35+,36-/m1/s1. The number of hydrogen-bond donors (Lipinski definition) is 11. The lowest BCUT2D eigenvalue weighted by Gasteiger charge is -2.39. The van der Waals surface area contributed by atoms with E-state index >= 15 is 0 Å². The minimum Gasteiger partial charge on any atom is -0.508 e. The van der Waals surface area contributed by atoms with Crippen molar-refractivity contribution in [2.75, 3.05) is 18.5 Å². The Morgan fingerprint density at radius 1 is 0.661 bits per heavy atom. The average Bonchev–Trinajstić information content (AvgIpc) is 3.82. The first kappa shape index (κ1) is 40.0. The van der Waals surface area contributed by atoms with Crippen LogP contribution in [0.15, 0.2) is 73.1 Å². The molecule has 2 aliphatic heterocycles. The molecule has 8 rings (SSSR count). The highest BCUT2D eigenvalue weighted by Gasteiger charge is 2.45. The maximum atomic E-state index is 10.5. The molecule has 2 fully saturated rings. The van der Waals surface area contributed by atoms with Crippen molar-refractivity contribution in [1.82, 2.24) is 24.9 Å². The van der Waals surface area contributed by atoms with Gasteiger partial charge in [-0.25, -0.2) is 0 Å². The van der Waals surface area contributed by atoms with Gasteiger partial charge >= 0.3 is 12.0 Å².